The van der Waals surface area contributed by atoms with Crippen LogP contribution in [0.4, 0.5) is 0 Å². The molecule has 1 aromatic rings. The molecule has 0 spiro atoms. The van der Waals surface area contributed by atoms with Crippen molar-refractivity contribution in [3.05, 3.63) is 29.8 Å². The summed E-state index contributed by atoms with van der Waals surface area (Å²) in [7, 11) is 1.63. The van der Waals surface area contributed by atoms with Crippen LogP contribution in [0.1, 0.15) is 18.1 Å². The van der Waals surface area contributed by atoms with Gasteiger partial charge in [0.25, 0.3) is 0 Å². The molecule has 1 aromatic carbocycles. The maximum absolute atomic E-state index is 9.84. The van der Waals surface area contributed by atoms with Crippen molar-refractivity contribution in [2.24, 2.45) is 0 Å². The molecule has 0 aromatic heterocycles. The Bertz CT molecular complexity index is 290. The summed E-state index contributed by atoms with van der Waals surface area (Å²) in [6, 6.07) is 7.42. The highest BCUT2D eigenvalue weighted by molar-refractivity contribution is 5.29. The Balaban J connectivity index is 2.07. The van der Waals surface area contributed by atoms with Gasteiger partial charge in [-0.3, -0.25) is 0 Å². The summed E-state index contributed by atoms with van der Waals surface area (Å²) >= 11 is 0. The summed E-state index contributed by atoms with van der Waals surface area (Å²) < 4.78 is 10.3. The second kappa shape index (κ2) is 3.98. The van der Waals surface area contributed by atoms with Gasteiger partial charge in [0.2, 0.25) is 0 Å². The number of methoxy groups -OCH3 is 1. The van der Waals surface area contributed by atoms with Gasteiger partial charge in [0, 0.05) is 6.61 Å². The SMILES string of the molecule is COc1ccc([C@@H](O)[C@H]2CCO2)cc1. The summed E-state index contributed by atoms with van der Waals surface area (Å²) in [4.78, 5) is 0. The number of hydrogen-bond acceptors (Lipinski definition) is 3. The van der Waals surface area contributed by atoms with E-state index in [-0.39, 0.29) is 6.10 Å². The van der Waals surface area contributed by atoms with E-state index in [4.69, 9.17) is 9.47 Å². The van der Waals surface area contributed by atoms with Crippen LogP contribution in [0, 0.1) is 0 Å². The molecule has 0 unspecified atom stereocenters. The monoisotopic (exact) mass is 194 g/mol. The summed E-state index contributed by atoms with van der Waals surface area (Å²) in [5.41, 5.74) is 0.885. The maximum Gasteiger partial charge on any atom is 0.118 e. The largest absolute Gasteiger partial charge is 0.497 e. The molecule has 1 saturated heterocycles. The van der Waals surface area contributed by atoms with Gasteiger partial charge >= 0.3 is 0 Å². The van der Waals surface area contributed by atoms with Crippen LogP contribution in [0.15, 0.2) is 24.3 Å². The molecule has 1 aliphatic rings. The van der Waals surface area contributed by atoms with E-state index in [1.165, 1.54) is 0 Å². The Kier molecular flexibility index (Phi) is 2.70. The van der Waals surface area contributed by atoms with Gasteiger partial charge in [0.05, 0.1) is 13.2 Å². The van der Waals surface area contributed by atoms with E-state index in [9.17, 15) is 5.11 Å². The Morgan fingerprint density at radius 1 is 1.43 bits per heavy atom. The molecule has 0 aliphatic carbocycles. The molecule has 2 atom stereocenters. The lowest BCUT2D eigenvalue weighted by molar-refractivity contribution is -0.118. The van der Waals surface area contributed by atoms with Crippen molar-refractivity contribution in [2.45, 2.75) is 18.6 Å². The van der Waals surface area contributed by atoms with Crippen LogP contribution in [-0.4, -0.2) is 24.9 Å². The van der Waals surface area contributed by atoms with Crippen molar-refractivity contribution in [1.29, 1.82) is 0 Å². The Morgan fingerprint density at radius 2 is 2.07 bits per heavy atom. The minimum Gasteiger partial charge on any atom is -0.497 e. The van der Waals surface area contributed by atoms with Crippen molar-refractivity contribution < 1.29 is 14.6 Å². The molecule has 3 nitrogen and oxygen atoms in total. The average molecular weight is 194 g/mol. The van der Waals surface area contributed by atoms with Crippen LogP contribution < -0.4 is 4.74 Å². The van der Waals surface area contributed by atoms with Gasteiger partial charge in [-0.15, -0.1) is 0 Å². The van der Waals surface area contributed by atoms with Gasteiger partial charge in [-0.2, -0.15) is 0 Å². The van der Waals surface area contributed by atoms with E-state index in [1.807, 2.05) is 24.3 Å². The summed E-state index contributed by atoms with van der Waals surface area (Å²) in [6.07, 6.45) is 0.408. The third kappa shape index (κ3) is 1.74. The first kappa shape index (κ1) is 9.49. The molecule has 0 saturated carbocycles. The molecule has 2 rings (SSSR count). The molecule has 1 heterocycles. The molecular formula is C11H14O3. The number of aliphatic hydroxyl groups is 1. The van der Waals surface area contributed by atoms with Gasteiger partial charge in [-0.25, -0.2) is 0 Å². The number of aliphatic hydroxyl groups excluding tert-OH is 1. The quantitative estimate of drug-likeness (QED) is 0.792. The zero-order valence-electron chi connectivity index (χ0n) is 8.14. The van der Waals surface area contributed by atoms with Crippen molar-refractivity contribution in [3.8, 4) is 5.75 Å². The second-order valence-electron chi connectivity index (χ2n) is 3.42. The van der Waals surface area contributed by atoms with Crippen LogP contribution in [0.25, 0.3) is 0 Å². The Morgan fingerprint density at radius 3 is 2.50 bits per heavy atom. The predicted molar refractivity (Wildman–Crippen MR) is 52.3 cm³/mol. The van der Waals surface area contributed by atoms with E-state index in [1.54, 1.807) is 7.11 Å². The molecule has 0 bridgehead atoms. The van der Waals surface area contributed by atoms with Crippen molar-refractivity contribution >= 4 is 0 Å². The fraction of sp³-hybridized carbons (Fsp3) is 0.455. The molecule has 76 valence electrons. The van der Waals surface area contributed by atoms with Crippen LogP contribution in [0.3, 0.4) is 0 Å². The van der Waals surface area contributed by atoms with Gasteiger partial charge in [-0.1, -0.05) is 12.1 Å². The van der Waals surface area contributed by atoms with Crippen LogP contribution in [0.2, 0.25) is 0 Å². The van der Waals surface area contributed by atoms with Crippen LogP contribution >= 0.6 is 0 Å². The molecule has 1 N–H and O–H groups in total. The van der Waals surface area contributed by atoms with Gasteiger partial charge in [-0.05, 0) is 24.1 Å². The lowest BCUT2D eigenvalue weighted by Crippen LogP contribution is -2.32. The number of hydrogen-bond donors (Lipinski definition) is 1. The third-order valence-corrected chi connectivity index (χ3v) is 2.54. The van der Waals surface area contributed by atoms with E-state index in [0.29, 0.717) is 0 Å². The molecular weight excluding hydrogens is 180 g/mol. The molecule has 0 amide bonds. The van der Waals surface area contributed by atoms with Crippen molar-refractivity contribution in [2.75, 3.05) is 13.7 Å². The summed E-state index contributed by atoms with van der Waals surface area (Å²) in [5.74, 6) is 0.801. The topological polar surface area (TPSA) is 38.7 Å². The zero-order chi connectivity index (χ0) is 9.97. The third-order valence-electron chi connectivity index (χ3n) is 2.54. The van der Waals surface area contributed by atoms with Crippen LogP contribution in [0.5, 0.6) is 5.75 Å². The first-order valence-corrected chi connectivity index (χ1v) is 4.75. The Labute approximate surface area is 83.3 Å². The standard InChI is InChI=1S/C11H14O3/c1-13-9-4-2-8(3-5-9)11(12)10-6-7-14-10/h2-5,10-12H,6-7H2,1H3/t10-,11-/m1/s1. The fourth-order valence-electron chi connectivity index (χ4n) is 1.52. The lowest BCUT2D eigenvalue weighted by atomic mass is 9.99. The first-order chi connectivity index (χ1) is 6.81. The minimum atomic E-state index is -0.505. The highest BCUT2D eigenvalue weighted by Gasteiger charge is 2.27. The number of benzene rings is 1. The molecule has 3 heteroatoms. The highest BCUT2D eigenvalue weighted by Crippen LogP contribution is 2.27. The maximum atomic E-state index is 9.84. The highest BCUT2D eigenvalue weighted by atomic mass is 16.5. The van der Waals surface area contributed by atoms with Crippen molar-refractivity contribution in [3.63, 3.8) is 0 Å². The first-order valence-electron chi connectivity index (χ1n) is 4.75. The zero-order valence-corrected chi connectivity index (χ0v) is 8.14. The number of ether oxygens (including phenoxy) is 2. The van der Waals surface area contributed by atoms with Gasteiger partial charge in [0.15, 0.2) is 0 Å². The van der Waals surface area contributed by atoms with E-state index in [2.05, 4.69) is 0 Å². The van der Waals surface area contributed by atoms with E-state index < -0.39 is 6.10 Å². The minimum absolute atomic E-state index is 0.0246. The average Bonchev–Trinajstić information content (AvgIpc) is 2.15. The molecule has 14 heavy (non-hydrogen) atoms. The Hall–Kier alpha value is -1.06. The van der Waals surface area contributed by atoms with E-state index in [0.717, 1.165) is 24.3 Å². The van der Waals surface area contributed by atoms with E-state index >= 15 is 0 Å². The summed E-state index contributed by atoms with van der Waals surface area (Å²) in [5, 5.41) is 9.84. The molecule has 1 fully saturated rings. The van der Waals surface area contributed by atoms with Crippen molar-refractivity contribution in [1.82, 2.24) is 0 Å². The van der Waals surface area contributed by atoms with Crippen LogP contribution in [-0.2, 0) is 4.74 Å². The fourth-order valence-corrected chi connectivity index (χ4v) is 1.52. The van der Waals surface area contributed by atoms with Gasteiger partial charge < -0.3 is 14.6 Å². The van der Waals surface area contributed by atoms with Gasteiger partial charge in [0.1, 0.15) is 11.9 Å². The second-order valence-corrected chi connectivity index (χ2v) is 3.42. The molecule has 0 radical (unpaired) electrons. The normalized spacial score (nSPS) is 22.6. The summed E-state index contributed by atoms with van der Waals surface area (Å²) in [6.45, 7) is 0.762. The lowest BCUT2D eigenvalue weighted by Gasteiger charge is -2.31. The molecule has 1 aliphatic heterocycles. The number of rotatable bonds is 3. The smallest absolute Gasteiger partial charge is 0.118 e. The predicted octanol–water partition coefficient (Wildman–Crippen LogP) is 1.52.